The number of hydrogen-bond acceptors (Lipinski definition) is 5. The second kappa shape index (κ2) is 6.43. The number of rotatable bonds is 3. The van der Waals surface area contributed by atoms with Crippen LogP contribution in [-0.4, -0.2) is 48.2 Å². The monoisotopic (exact) mass is 356 g/mol. The standard InChI is InChI=1S/C20H24N2O4/c1-3-14-4-5-17-16(10-14)15(11-18(23)25-17)12-22-8-6-20(7-9-22)13-21(2)19(24)26-20/h4-5,10-11H,3,6-9,12-13H2,1-2H3. The van der Waals surface area contributed by atoms with Gasteiger partial charge in [-0.3, -0.25) is 4.90 Å². The zero-order chi connectivity index (χ0) is 18.3. The van der Waals surface area contributed by atoms with Gasteiger partial charge in [-0.05, 0) is 29.7 Å². The van der Waals surface area contributed by atoms with E-state index >= 15 is 0 Å². The second-order valence-corrected chi connectivity index (χ2v) is 7.46. The Balaban J connectivity index is 1.53. The summed E-state index contributed by atoms with van der Waals surface area (Å²) in [7, 11) is 1.78. The third-order valence-electron chi connectivity index (χ3n) is 5.60. The first-order valence-electron chi connectivity index (χ1n) is 9.20. The van der Waals surface area contributed by atoms with E-state index in [0.717, 1.165) is 43.3 Å². The van der Waals surface area contributed by atoms with Crippen LogP contribution in [-0.2, 0) is 17.7 Å². The average Bonchev–Trinajstić information content (AvgIpc) is 2.90. The smallest absolute Gasteiger partial charge is 0.410 e. The summed E-state index contributed by atoms with van der Waals surface area (Å²) in [4.78, 5) is 27.6. The molecule has 2 aromatic rings. The SMILES string of the molecule is CCc1ccc2oc(=O)cc(CN3CCC4(CC3)CN(C)C(=O)O4)c2c1. The van der Waals surface area contributed by atoms with E-state index in [2.05, 4.69) is 17.9 Å². The van der Waals surface area contributed by atoms with Crippen molar-refractivity contribution >= 4 is 17.1 Å². The van der Waals surface area contributed by atoms with Gasteiger partial charge in [0.15, 0.2) is 0 Å². The lowest BCUT2D eigenvalue weighted by molar-refractivity contribution is -0.00113. The highest BCUT2D eigenvalue weighted by atomic mass is 16.6. The van der Waals surface area contributed by atoms with E-state index in [1.807, 2.05) is 12.1 Å². The van der Waals surface area contributed by atoms with Crippen LogP contribution in [0.1, 0.15) is 30.9 Å². The number of ether oxygens (including phenoxy) is 1. The fourth-order valence-electron chi connectivity index (χ4n) is 4.04. The molecule has 2 saturated heterocycles. The number of nitrogens with zero attached hydrogens (tertiary/aromatic N) is 2. The number of benzene rings is 1. The van der Waals surface area contributed by atoms with Gasteiger partial charge in [-0.1, -0.05) is 13.0 Å². The fourth-order valence-corrected chi connectivity index (χ4v) is 4.04. The third kappa shape index (κ3) is 3.09. The first-order valence-corrected chi connectivity index (χ1v) is 9.20. The minimum absolute atomic E-state index is 0.225. The number of likely N-dealkylation sites (tertiary alicyclic amines) is 1. The number of hydrogen-bond donors (Lipinski definition) is 0. The molecule has 3 heterocycles. The molecule has 0 radical (unpaired) electrons. The van der Waals surface area contributed by atoms with Gasteiger partial charge >= 0.3 is 11.7 Å². The minimum Gasteiger partial charge on any atom is -0.441 e. The van der Waals surface area contributed by atoms with E-state index in [-0.39, 0.29) is 17.3 Å². The van der Waals surface area contributed by atoms with E-state index < -0.39 is 0 Å². The molecule has 6 nitrogen and oxygen atoms in total. The zero-order valence-electron chi connectivity index (χ0n) is 15.3. The van der Waals surface area contributed by atoms with E-state index in [4.69, 9.17) is 9.15 Å². The van der Waals surface area contributed by atoms with Crippen molar-refractivity contribution in [3.8, 4) is 0 Å². The number of carbonyl (C=O) groups excluding carboxylic acids is 1. The summed E-state index contributed by atoms with van der Waals surface area (Å²) in [5.74, 6) is 0. The summed E-state index contributed by atoms with van der Waals surface area (Å²) >= 11 is 0. The summed E-state index contributed by atoms with van der Waals surface area (Å²) in [6.45, 7) is 5.17. The highest BCUT2D eigenvalue weighted by molar-refractivity contribution is 5.81. The van der Waals surface area contributed by atoms with Crippen LogP contribution in [0.4, 0.5) is 4.79 Å². The summed E-state index contributed by atoms with van der Waals surface area (Å²) in [6.07, 6.45) is 2.36. The number of piperidine rings is 1. The van der Waals surface area contributed by atoms with Crippen molar-refractivity contribution in [3.05, 3.63) is 45.8 Å². The number of carbonyl (C=O) groups is 1. The largest absolute Gasteiger partial charge is 0.441 e. The summed E-state index contributed by atoms with van der Waals surface area (Å²) in [5.41, 5.74) is 2.23. The lowest BCUT2D eigenvalue weighted by Gasteiger charge is -2.37. The summed E-state index contributed by atoms with van der Waals surface area (Å²) in [5, 5.41) is 1.01. The molecule has 2 aliphatic heterocycles. The Morgan fingerprint density at radius 3 is 2.58 bits per heavy atom. The Morgan fingerprint density at radius 2 is 1.92 bits per heavy atom. The van der Waals surface area contributed by atoms with Crippen LogP contribution in [0, 0.1) is 0 Å². The fraction of sp³-hybridized carbons (Fsp3) is 0.500. The molecule has 0 unspecified atom stereocenters. The molecular weight excluding hydrogens is 332 g/mol. The van der Waals surface area contributed by atoms with Crippen molar-refractivity contribution in [1.29, 1.82) is 0 Å². The maximum Gasteiger partial charge on any atom is 0.410 e. The van der Waals surface area contributed by atoms with Gasteiger partial charge in [0.05, 0.1) is 6.54 Å². The molecule has 0 N–H and O–H groups in total. The molecule has 1 spiro atoms. The molecule has 2 aliphatic rings. The Morgan fingerprint density at radius 1 is 1.15 bits per heavy atom. The number of amides is 1. The van der Waals surface area contributed by atoms with Crippen molar-refractivity contribution in [2.24, 2.45) is 0 Å². The van der Waals surface area contributed by atoms with Gasteiger partial charge in [0.25, 0.3) is 0 Å². The van der Waals surface area contributed by atoms with E-state index in [0.29, 0.717) is 18.7 Å². The Kier molecular flexibility index (Phi) is 4.23. The van der Waals surface area contributed by atoms with Crippen LogP contribution in [0.3, 0.4) is 0 Å². The van der Waals surface area contributed by atoms with Crippen molar-refractivity contribution < 1.29 is 13.9 Å². The van der Waals surface area contributed by atoms with Gasteiger partial charge in [0.1, 0.15) is 11.2 Å². The highest BCUT2D eigenvalue weighted by Crippen LogP contribution is 2.33. The molecule has 4 rings (SSSR count). The van der Waals surface area contributed by atoms with Crippen LogP contribution in [0.2, 0.25) is 0 Å². The Labute approximate surface area is 152 Å². The highest BCUT2D eigenvalue weighted by Gasteiger charge is 2.45. The molecule has 138 valence electrons. The van der Waals surface area contributed by atoms with E-state index in [9.17, 15) is 9.59 Å². The van der Waals surface area contributed by atoms with Crippen LogP contribution >= 0.6 is 0 Å². The topological polar surface area (TPSA) is 63.0 Å². The quantitative estimate of drug-likeness (QED) is 0.792. The van der Waals surface area contributed by atoms with Gasteiger partial charge in [-0.2, -0.15) is 0 Å². The molecule has 1 aromatic heterocycles. The summed E-state index contributed by atoms with van der Waals surface area (Å²) in [6, 6.07) is 7.62. The van der Waals surface area contributed by atoms with Crippen LogP contribution in [0.25, 0.3) is 11.0 Å². The lowest BCUT2D eigenvalue weighted by atomic mass is 9.91. The first-order chi connectivity index (χ1) is 12.5. The van der Waals surface area contributed by atoms with E-state index in [1.54, 1.807) is 18.0 Å². The molecular formula is C20H24N2O4. The number of fused-ring (bicyclic) bond motifs is 1. The molecule has 0 aliphatic carbocycles. The summed E-state index contributed by atoms with van der Waals surface area (Å²) < 4.78 is 11.0. The van der Waals surface area contributed by atoms with Crippen LogP contribution in [0.15, 0.2) is 33.5 Å². The van der Waals surface area contributed by atoms with Gasteiger partial charge in [0.2, 0.25) is 0 Å². The first kappa shape index (κ1) is 17.1. The maximum absolute atomic E-state index is 11.9. The molecule has 0 saturated carbocycles. The molecule has 0 bridgehead atoms. The van der Waals surface area contributed by atoms with Crippen molar-refractivity contribution in [2.45, 2.75) is 38.3 Å². The predicted molar refractivity (Wildman–Crippen MR) is 98.2 cm³/mol. The molecule has 2 fully saturated rings. The van der Waals surface area contributed by atoms with Crippen molar-refractivity contribution in [1.82, 2.24) is 9.80 Å². The normalized spacial score (nSPS) is 20.1. The molecule has 1 aromatic carbocycles. The second-order valence-electron chi connectivity index (χ2n) is 7.46. The zero-order valence-corrected chi connectivity index (χ0v) is 15.3. The van der Waals surface area contributed by atoms with Gasteiger partial charge in [-0.25, -0.2) is 9.59 Å². The molecule has 1 amide bonds. The van der Waals surface area contributed by atoms with Crippen LogP contribution < -0.4 is 5.63 Å². The minimum atomic E-state index is -0.338. The van der Waals surface area contributed by atoms with Gasteiger partial charge < -0.3 is 14.1 Å². The average molecular weight is 356 g/mol. The van der Waals surface area contributed by atoms with Gasteiger partial charge in [0, 0.05) is 51.0 Å². The third-order valence-corrected chi connectivity index (χ3v) is 5.60. The van der Waals surface area contributed by atoms with E-state index in [1.165, 1.54) is 5.56 Å². The Bertz CT molecular complexity index is 896. The van der Waals surface area contributed by atoms with Crippen LogP contribution in [0.5, 0.6) is 0 Å². The number of likely N-dealkylation sites (N-methyl/N-ethyl adjacent to an activating group) is 1. The number of aryl methyl sites for hydroxylation is 1. The van der Waals surface area contributed by atoms with Crippen molar-refractivity contribution in [3.63, 3.8) is 0 Å². The lowest BCUT2D eigenvalue weighted by Crippen LogP contribution is -2.46. The van der Waals surface area contributed by atoms with Crippen molar-refractivity contribution in [2.75, 3.05) is 26.7 Å². The molecule has 26 heavy (non-hydrogen) atoms. The van der Waals surface area contributed by atoms with Gasteiger partial charge in [-0.15, -0.1) is 0 Å². The maximum atomic E-state index is 11.9. The molecule has 6 heteroatoms. The molecule has 0 atom stereocenters. The predicted octanol–water partition coefficient (Wildman–Crippen LogP) is 2.77. The Hall–Kier alpha value is -2.34.